The number of phenolic OH excluding ortho intramolecular Hbond substituents is 1. The fraction of sp³-hybridized carbons (Fsp3) is 0.400. The van der Waals surface area contributed by atoms with E-state index in [0.717, 1.165) is 24.9 Å². The Kier molecular flexibility index (Phi) is 5.62. The number of benzene rings is 2. The molecule has 0 radical (unpaired) electrons. The van der Waals surface area contributed by atoms with Crippen LogP contribution in [0.1, 0.15) is 24.0 Å². The van der Waals surface area contributed by atoms with Gasteiger partial charge in [0.15, 0.2) is 0 Å². The first kappa shape index (κ1) is 18.2. The molecule has 2 aromatic rings. The average molecular weight is 364 g/mol. The van der Waals surface area contributed by atoms with Crippen molar-refractivity contribution in [1.29, 1.82) is 0 Å². The number of aliphatic hydroxyl groups is 1. The molecule has 0 aromatic heterocycles. The van der Waals surface area contributed by atoms with Crippen LogP contribution < -0.4 is 0 Å². The zero-order valence-electron chi connectivity index (χ0n) is 14.1. The van der Waals surface area contributed by atoms with Crippen molar-refractivity contribution in [3.8, 4) is 5.75 Å². The number of phenols is 1. The van der Waals surface area contributed by atoms with Gasteiger partial charge in [-0.25, -0.2) is 4.39 Å². The Labute approximate surface area is 152 Å². The first-order valence-corrected chi connectivity index (χ1v) is 8.93. The summed E-state index contributed by atoms with van der Waals surface area (Å²) in [7, 11) is 0. The third-order valence-corrected chi connectivity index (χ3v) is 5.27. The van der Waals surface area contributed by atoms with Gasteiger partial charge < -0.3 is 10.2 Å². The van der Waals surface area contributed by atoms with E-state index in [1.165, 1.54) is 6.07 Å². The number of piperidine rings is 1. The van der Waals surface area contributed by atoms with Crippen LogP contribution in [0.15, 0.2) is 42.5 Å². The van der Waals surface area contributed by atoms with E-state index in [4.69, 9.17) is 11.6 Å². The van der Waals surface area contributed by atoms with Crippen LogP contribution in [0.5, 0.6) is 5.75 Å². The number of rotatable bonds is 5. The molecule has 3 nitrogen and oxygen atoms in total. The molecule has 3 rings (SSSR count). The minimum absolute atomic E-state index is 0.0133. The van der Waals surface area contributed by atoms with Gasteiger partial charge in [0.2, 0.25) is 0 Å². The Morgan fingerprint density at radius 3 is 2.72 bits per heavy atom. The summed E-state index contributed by atoms with van der Waals surface area (Å²) in [5.41, 5.74) is 1.05. The molecule has 0 amide bonds. The van der Waals surface area contributed by atoms with Gasteiger partial charge in [0.25, 0.3) is 0 Å². The lowest BCUT2D eigenvalue weighted by molar-refractivity contribution is 0.0280. The zero-order valence-corrected chi connectivity index (χ0v) is 14.8. The SMILES string of the molecule is OCC1(Cc2ccccc2F)CCCN(Cc2cc(Cl)ccc2O)C1. The molecular formula is C20H23ClFNO2. The van der Waals surface area contributed by atoms with Gasteiger partial charge in [-0.15, -0.1) is 0 Å². The summed E-state index contributed by atoms with van der Waals surface area (Å²) in [5, 5.41) is 20.7. The van der Waals surface area contributed by atoms with E-state index >= 15 is 0 Å². The molecule has 1 unspecified atom stereocenters. The molecule has 1 saturated heterocycles. The Morgan fingerprint density at radius 1 is 1.16 bits per heavy atom. The summed E-state index contributed by atoms with van der Waals surface area (Å²) < 4.78 is 14.0. The summed E-state index contributed by atoms with van der Waals surface area (Å²) in [4.78, 5) is 2.20. The molecule has 5 heteroatoms. The molecular weight excluding hydrogens is 341 g/mol. The highest BCUT2D eigenvalue weighted by Crippen LogP contribution is 2.35. The highest BCUT2D eigenvalue weighted by atomic mass is 35.5. The van der Waals surface area contributed by atoms with Crippen molar-refractivity contribution in [1.82, 2.24) is 4.90 Å². The maximum atomic E-state index is 14.0. The molecule has 2 aromatic carbocycles. The monoisotopic (exact) mass is 363 g/mol. The maximum Gasteiger partial charge on any atom is 0.126 e. The van der Waals surface area contributed by atoms with Crippen LogP contribution in [0.25, 0.3) is 0 Å². The topological polar surface area (TPSA) is 43.7 Å². The normalized spacial score (nSPS) is 21.4. The van der Waals surface area contributed by atoms with Gasteiger partial charge in [-0.3, -0.25) is 4.90 Å². The average Bonchev–Trinajstić information content (AvgIpc) is 2.60. The van der Waals surface area contributed by atoms with Crippen molar-refractivity contribution in [2.24, 2.45) is 5.41 Å². The van der Waals surface area contributed by atoms with Crippen molar-refractivity contribution in [3.05, 3.63) is 64.4 Å². The second-order valence-electron chi connectivity index (χ2n) is 7.01. The number of hydrogen-bond donors (Lipinski definition) is 2. The largest absolute Gasteiger partial charge is 0.508 e. The van der Waals surface area contributed by atoms with Crippen molar-refractivity contribution in [3.63, 3.8) is 0 Å². The van der Waals surface area contributed by atoms with E-state index < -0.39 is 0 Å². The van der Waals surface area contributed by atoms with Gasteiger partial charge in [-0.2, -0.15) is 0 Å². The Hall–Kier alpha value is -1.62. The Balaban J connectivity index is 1.76. The third kappa shape index (κ3) is 4.32. The summed E-state index contributed by atoms with van der Waals surface area (Å²) in [6.07, 6.45) is 2.29. The third-order valence-electron chi connectivity index (χ3n) is 5.03. The molecule has 0 saturated carbocycles. The zero-order chi connectivity index (χ0) is 17.9. The predicted molar refractivity (Wildman–Crippen MR) is 97.3 cm³/mol. The van der Waals surface area contributed by atoms with E-state index in [1.807, 2.05) is 6.07 Å². The number of aliphatic hydroxyl groups excluding tert-OH is 1. The fourth-order valence-corrected chi connectivity index (χ4v) is 3.94. The van der Waals surface area contributed by atoms with Crippen molar-refractivity contribution < 1.29 is 14.6 Å². The van der Waals surface area contributed by atoms with Crippen molar-refractivity contribution in [2.75, 3.05) is 19.7 Å². The van der Waals surface area contributed by atoms with Crippen molar-refractivity contribution in [2.45, 2.75) is 25.8 Å². The van der Waals surface area contributed by atoms with Crippen LogP contribution in [0, 0.1) is 11.2 Å². The number of halogens is 2. The number of likely N-dealkylation sites (tertiary alicyclic amines) is 1. The van der Waals surface area contributed by atoms with E-state index in [-0.39, 0.29) is 23.6 Å². The molecule has 1 aliphatic rings. The summed E-state index contributed by atoms with van der Waals surface area (Å²) in [6.45, 7) is 2.11. The van der Waals surface area contributed by atoms with Gasteiger partial charge in [-0.05, 0) is 55.6 Å². The molecule has 1 aliphatic heterocycles. The molecule has 1 heterocycles. The second kappa shape index (κ2) is 7.73. The minimum atomic E-state index is -0.366. The molecule has 0 aliphatic carbocycles. The van der Waals surface area contributed by atoms with E-state index in [1.54, 1.807) is 30.3 Å². The standard InChI is InChI=1S/C20H23ClFNO2/c21-17-6-7-19(25)16(10-17)12-23-9-3-8-20(13-23,14-24)11-15-4-1-2-5-18(15)22/h1-2,4-7,10,24-25H,3,8-9,11-14H2. The summed E-state index contributed by atoms with van der Waals surface area (Å²) >= 11 is 6.03. The van der Waals surface area contributed by atoms with Crippen LogP contribution in [0.2, 0.25) is 5.02 Å². The number of aromatic hydroxyl groups is 1. The predicted octanol–water partition coefficient (Wildman–Crippen LogP) is 4.00. The Morgan fingerprint density at radius 2 is 1.96 bits per heavy atom. The molecule has 1 fully saturated rings. The first-order chi connectivity index (χ1) is 12.0. The van der Waals surface area contributed by atoms with E-state index in [0.29, 0.717) is 30.1 Å². The molecule has 2 N–H and O–H groups in total. The highest BCUT2D eigenvalue weighted by molar-refractivity contribution is 6.30. The van der Waals surface area contributed by atoms with E-state index in [2.05, 4.69) is 4.90 Å². The molecule has 1 atom stereocenters. The van der Waals surface area contributed by atoms with Crippen LogP contribution in [-0.2, 0) is 13.0 Å². The lowest BCUT2D eigenvalue weighted by Gasteiger charge is -2.42. The lowest BCUT2D eigenvalue weighted by atomic mass is 9.75. The van der Waals surface area contributed by atoms with E-state index in [9.17, 15) is 14.6 Å². The second-order valence-corrected chi connectivity index (χ2v) is 7.45. The van der Waals surface area contributed by atoms with Gasteiger partial charge in [0, 0.05) is 29.1 Å². The van der Waals surface area contributed by atoms with Gasteiger partial charge in [-0.1, -0.05) is 29.8 Å². The lowest BCUT2D eigenvalue weighted by Crippen LogP contribution is -2.46. The molecule has 0 spiro atoms. The van der Waals surface area contributed by atoms with Gasteiger partial charge in [0.05, 0.1) is 6.61 Å². The molecule has 134 valence electrons. The van der Waals surface area contributed by atoms with Crippen LogP contribution in [-0.4, -0.2) is 34.8 Å². The minimum Gasteiger partial charge on any atom is -0.508 e. The quantitative estimate of drug-likeness (QED) is 0.843. The number of hydrogen-bond acceptors (Lipinski definition) is 3. The molecule has 25 heavy (non-hydrogen) atoms. The maximum absolute atomic E-state index is 14.0. The first-order valence-electron chi connectivity index (χ1n) is 8.55. The van der Waals surface area contributed by atoms with Gasteiger partial charge >= 0.3 is 0 Å². The van der Waals surface area contributed by atoms with Crippen LogP contribution >= 0.6 is 11.6 Å². The van der Waals surface area contributed by atoms with Gasteiger partial charge in [0.1, 0.15) is 11.6 Å². The highest BCUT2D eigenvalue weighted by Gasteiger charge is 2.36. The van der Waals surface area contributed by atoms with Crippen LogP contribution in [0.3, 0.4) is 0 Å². The summed E-state index contributed by atoms with van der Waals surface area (Å²) in [5.74, 6) is -0.00129. The van der Waals surface area contributed by atoms with Crippen LogP contribution in [0.4, 0.5) is 4.39 Å². The smallest absolute Gasteiger partial charge is 0.126 e. The fourth-order valence-electron chi connectivity index (χ4n) is 3.74. The Bertz CT molecular complexity index is 739. The summed E-state index contributed by atoms with van der Waals surface area (Å²) in [6, 6.07) is 11.8. The molecule has 0 bridgehead atoms. The van der Waals surface area contributed by atoms with Crippen molar-refractivity contribution >= 4 is 11.6 Å². The number of nitrogens with zero attached hydrogens (tertiary/aromatic N) is 1.